The summed E-state index contributed by atoms with van der Waals surface area (Å²) in [6.45, 7) is 25.5. The fourth-order valence-corrected chi connectivity index (χ4v) is 5.85. The maximum atomic E-state index is 7.50. The van der Waals surface area contributed by atoms with Crippen molar-refractivity contribution in [3.05, 3.63) is 182 Å². The van der Waals surface area contributed by atoms with E-state index in [1.54, 1.807) is 7.11 Å². The number of hydrogen-bond acceptors (Lipinski definition) is 3. The van der Waals surface area contributed by atoms with Gasteiger partial charge in [-0.05, 0) is 57.4 Å². The van der Waals surface area contributed by atoms with Crippen LogP contribution < -0.4 is 9.47 Å². The fraction of sp³-hybridized carbons (Fsp3) is 0.0500. The minimum Gasteiger partial charge on any atom is 0 e. The molecule has 1 heterocycles. The summed E-state index contributed by atoms with van der Waals surface area (Å²) in [5.41, 5.74) is 4.61. The van der Waals surface area contributed by atoms with Crippen molar-refractivity contribution in [2.45, 2.75) is 5.79 Å². The molecule has 0 bridgehead atoms. The third kappa shape index (κ3) is 9.01. The molecule has 0 unspecified atom stereocenters. The van der Waals surface area contributed by atoms with Crippen molar-refractivity contribution in [1.82, 2.24) is 0 Å². The third-order valence-electron chi connectivity index (χ3n) is 7.21. The molecule has 1 aliphatic heterocycles. The van der Waals surface area contributed by atoms with E-state index < -0.39 is 5.79 Å². The Labute approximate surface area is 308 Å². The first-order valence-electron chi connectivity index (χ1n) is 13.8. The maximum absolute atomic E-state index is 7.50. The summed E-state index contributed by atoms with van der Waals surface area (Å²) in [7, 11) is 1.61. The average Bonchev–Trinajstić information content (AvgIpc) is 3.35. The number of hydrogen-bond donors (Lipinski definition) is 0. The molecule has 10 heteroatoms. The van der Waals surface area contributed by atoms with Gasteiger partial charge in [-0.3, -0.25) is 0 Å². The summed E-state index contributed by atoms with van der Waals surface area (Å²) in [6.07, 6.45) is 0. The Hall–Kier alpha value is -4.89. The molecule has 7 rings (SSSR count). The van der Waals surface area contributed by atoms with Crippen molar-refractivity contribution < 1.29 is 54.8 Å². The van der Waals surface area contributed by atoms with Crippen molar-refractivity contribution in [2.75, 3.05) is 7.11 Å². The molecule has 0 saturated carbocycles. The van der Waals surface area contributed by atoms with Gasteiger partial charge in [0.2, 0.25) is 0 Å². The number of halogens is 1. The Kier molecular flexibility index (Phi) is 18.9. The van der Waals surface area contributed by atoms with E-state index >= 15 is 0 Å². The fourth-order valence-electron chi connectivity index (χ4n) is 5.49. The predicted octanol–water partition coefficient (Wildman–Crippen LogP) is 8.94. The zero-order chi connectivity index (χ0) is 36.4. The Morgan fingerprint density at radius 2 is 0.960 bits per heavy atom. The summed E-state index contributed by atoms with van der Waals surface area (Å²) < 4.78 is 57.9. The molecule has 0 saturated heterocycles. The zero-order valence-electron chi connectivity index (χ0n) is 26.1. The molecule has 50 heavy (non-hydrogen) atoms. The van der Waals surface area contributed by atoms with Crippen LogP contribution in [0.2, 0.25) is 0 Å². The first kappa shape index (κ1) is 43.1. The average molecular weight is 764 g/mol. The van der Waals surface area contributed by atoms with Crippen LogP contribution in [0.15, 0.2) is 126 Å². The first-order valence-corrected chi connectivity index (χ1v) is 14.6. The smallest absolute Gasteiger partial charge is 0 e. The largest absolute Gasteiger partial charge is 0 e. The molecule has 2 radical (unpaired) electrons. The quantitative estimate of drug-likeness (QED) is 0.131. The van der Waals surface area contributed by atoms with Gasteiger partial charge in [-0.2, -0.15) is 0 Å². The molecule has 0 N–H and O–H groups in total. The van der Waals surface area contributed by atoms with E-state index in [-0.39, 0.29) is 17.4 Å². The van der Waals surface area contributed by atoms with Crippen LogP contribution in [0.1, 0.15) is 16.7 Å². The standard InChI is InChI=1S/C35H23BrO3.5CO.Cr/c1-37-22-23-12-13-24-15-18-31-33(29(24)20-23)34-30-21-28(36)17-14-25(30)16-19-32(34)39-35(38-31,26-8-4-2-5-9-26)27-10-6-3-7-11-27;5*1-2;/h2-21H,1H3;;;;;;. The number of fused-ring (bicyclic) bond motifs is 7. The Morgan fingerprint density at radius 1 is 0.560 bits per heavy atom. The third-order valence-corrected chi connectivity index (χ3v) is 7.71. The Morgan fingerprint density at radius 3 is 1.40 bits per heavy atom. The van der Waals surface area contributed by atoms with E-state index in [0.29, 0.717) is 0 Å². The molecule has 0 atom stereocenters. The summed E-state index contributed by atoms with van der Waals surface area (Å²) >= 11 is 3.70. The molecule has 0 amide bonds. The number of ether oxygens (including phenoxy) is 3. The van der Waals surface area contributed by atoms with Gasteiger partial charge >= 0.3 is 62.3 Å². The maximum Gasteiger partial charge on any atom is 0 e. The van der Waals surface area contributed by atoms with Crippen molar-refractivity contribution >= 4 is 37.5 Å². The molecule has 6 aromatic rings. The van der Waals surface area contributed by atoms with Crippen molar-refractivity contribution in [2.24, 2.45) is 0 Å². The molecule has 244 valence electrons. The van der Waals surface area contributed by atoms with Crippen molar-refractivity contribution in [3.63, 3.8) is 0 Å². The molecule has 6 aromatic carbocycles. The molecule has 0 fully saturated rings. The summed E-state index contributed by atoms with van der Waals surface area (Å²) in [4.78, 5) is 0. The number of benzene rings is 6. The van der Waals surface area contributed by atoms with Gasteiger partial charge < -0.3 is 14.2 Å². The van der Waals surface area contributed by atoms with Gasteiger partial charge in [0.1, 0.15) is 11.5 Å². The normalized spacial score (nSPS) is 10.9. The monoisotopic (exact) mass is 762 g/mol. The second-order valence-corrected chi connectivity index (χ2v) is 10.5. The Balaban J connectivity index is 0.00000105. The summed E-state index contributed by atoms with van der Waals surface area (Å²) in [6, 6.07) is 41.1. The Bertz CT molecular complexity index is 2010. The van der Waals surface area contributed by atoms with E-state index in [1.165, 1.54) is 0 Å². The van der Waals surface area contributed by atoms with Gasteiger partial charge in [0.15, 0.2) is 6.61 Å². The van der Waals surface area contributed by atoms with Gasteiger partial charge in [0, 0.05) is 51.2 Å². The van der Waals surface area contributed by atoms with Crippen LogP contribution in [-0.4, -0.2) is 7.11 Å². The SMILES string of the molecule is CO[C]c1ccc2ccc3c(c2c1)-c1c(ccc2ccc(Br)cc12)OC(c1ccccc1)(c1ccccc1)O3.[C-]#[O+].[C-]#[O+].[C-]#[O+].[C-]#[O+].[C-]#[O+].[Cr]. The van der Waals surface area contributed by atoms with E-state index in [1.807, 2.05) is 42.5 Å². The van der Waals surface area contributed by atoms with Gasteiger partial charge in [0.25, 0.3) is 0 Å². The second kappa shape index (κ2) is 22.0. The minimum absolute atomic E-state index is 0. The summed E-state index contributed by atoms with van der Waals surface area (Å²) in [5.74, 6) is 0.263. The van der Waals surface area contributed by atoms with Gasteiger partial charge in [0.05, 0.1) is 0 Å². The van der Waals surface area contributed by atoms with Crippen LogP contribution in [-0.2, 0) is 51.1 Å². The van der Waals surface area contributed by atoms with Crippen LogP contribution >= 0.6 is 15.9 Å². The molecular weight excluding hydrogens is 740 g/mol. The molecule has 0 aliphatic carbocycles. The van der Waals surface area contributed by atoms with Gasteiger partial charge in [-0.25, -0.2) is 0 Å². The van der Waals surface area contributed by atoms with Crippen LogP contribution in [0.3, 0.4) is 0 Å². The van der Waals surface area contributed by atoms with Gasteiger partial charge in [-0.15, -0.1) is 0 Å². The molecule has 1 aliphatic rings. The number of rotatable bonds is 4. The molecular formula is C40H23BrCrO8. The van der Waals surface area contributed by atoms with Crippen LogP contribution in [0.5, 0.6) is 11.5 Å². The van der Waals surface area contributed by atoms with E-state index in [9.17, 15) is 0 Å². The summed E-state index contributed by atoms with van der Waals surface area (Å²) in [5, 5.41) is 4.30. The zero-order valence-corrected chi connectivity index (χ0v) is 29.0. The van der Waals surface area contributed by atoms with Gasteiger partial charge in [-0.1, -0.05) is 107 Å². The van der Waals surface area contributed by atoms with Crippen LogP contribution in [0.4, 0.5) is 0 Å². The predicted molar refractivity (Wildman–Crippen MR) is 179 cm³/mol. The van der Waals surface area contributed by atoms with Crippen molar-refractivity contribution in [3.8, 4) is 22.6 Å². The number of methoxy groups -OCH3 is 1. The van der Waals surface area contributed by atoms with Crippen molar-refractivity contribution in [1.29, 1.82) is 0 Å². The van der Waals surface area contributed by atoms with Crippen LogP contribution in [0.25, 0.3) is 32.7 Å². The first-order chi connectivity index (χ1) is 24.2. The minimum atomic E-state index is -1.21. The van der Waals surface area contributed by atoms with E-state index in [4.69, 9.17) is 37.5 Å². The molecule has 0 spiro atoms. The second-order valence-electron chi connectivity index (χ2n) is 9.54. The van der Waals surface area contributed by atoms with E-state index in [2.05, 4.69) is 135 Å². The molecule has 8 nitrogen and oxygen atoms in total. The van der Waals surface area contributed by atoms with E-state index in [0.717, 1.165) is 65.3 Å². The van der Waals surface area contributed by atoms with Crippen LogP contribution in [0, 0.1) is 39.9 Å². The molecule has 0 aromatic heterocycles. The topological polar surface area (TPSA) is 127 Å².